The largest absolute Gasteiger partial charge is 0.285 e. The number of rotatable bonds is 0. The third-order valence-corrected chi connectivity index (χ3v) is 6.71. The van der Waals surface area contributed by atoms with E-state index in [1.165, 1.54) is 37.8 Å². The van der Waals surface area contributed by atoms with Crippen LogP contribution in [-0.2, 0) is 10.8 Å². The SMILES string of the molecule is CC1=CC(C(C)(C)C)=NC1.Cc1ccc2n[nH]c(C(C)(C)C)c2c1.Cc1cnc(C(C)(C)C)s1. The fraction of sp³-hybridized carbons (Fsp3) is 0.552. The molecule has 4 nitrogen and oxygen atoms in total. The van der Waals surface area contributed by atoms with Crippen LogP contribution in [0.15, 0.2) is 41.0 Å². The zero-order valence-corrected chi connectivity index (χ0v) is 24.2. The summed E-state index contributed by atoms with van der Waals surface area (Å²) in [6.07, 6.45) is 4.13. The highest BCUT2D eigenvalue weighted by atomic mass is 32.1. The topological polar surface area (TPSA) is 53.9 Å². The number of H-pyrrole nitrogens is 1. The highest BCUT2D eigenvalue weighted by Gasteiger charge is 2.20. The Morgan fingerprint density at radius 3 is 1.88 bits per heavy atom. The van der Waals surface area contributed by atoms with Crippen molar-refractivity contribution in [1.29, 1.82) is 0 Å². The number of hydrogen-bond acceptors (Lipinski definition) is 4. The van der Waals surface area contributed by atoms with Crippen LogP contribution in [0.2, 0.25) is 0 Å². The van der Waals surface area contributed by atoms with E-state index in [9.17, 15) is 0 Å². The summed E-state index contributed by atoms with van der Waals surface area (Å²) >= 11 is 1.78. The van der Waals surface area contributed by atoms with Gasteiger partial charge < -0.3 is 0 Å². The molecule has 0 fully saturated rings. The van der Waals surface area contributed by atoms with Crippen LogP contribution in [0.5, 0.6) is 0 Å². The van der Waals surface area contributed by atoms with Gasteiger partial charge in [0.2, 0.25) is 0 Å². The van der Waals surface area contributed by atoms with Crippen molar-refractivity contribution in [2.75, 3.05) is 6.54 Å². The number of aromatic amines is 1. The minimum Gasteiger partial charge on any atom is -0.285 e. The second-order valence-corrected chi connectivity index (χ2v) is 13.6. The summed E-state index contributed by atoms with van der Waals surface area (Å²) < 4.78 is 0. The van der Waals surface area contributed by atoms with E-state index < -0.39 is 0 Å². The zero-order chi connectivity index (χ0) is 25.9. The van der Waals surface area contributed by atoms with Gasteiger partial charge >= 0.3 is 0 Å². The summed E-state index contributed by atoms with van der Waals surface area (Å²) in [5.41, 5.74) is 6.76. The summed E-state index contributed by atoms with van der Waals surface area (Å²) in [6.45, 7) is 27.0. The first-order valence-electron chi connectivity index (χ1n) is 12.1. The number of aryl methyl sites for hydroxylation is 2. The van der Waals surface area contributed by atoms with E-state index in [0.29, 0.717) is 0 Å². The lowest BCUT2D eigenvalue weighted by Crippen LogP contribution is -2.16. The van der Waals surface area contributed by atoms with Crippen LogP contribution in [0.1, 0.15) is 90.4 Å². The first kappa shape index (κ1) is 28.0. The molecule has 3 aromatic rings. The smallest absolute Gasteiger partial charge is 0.0981 e. The van der Waals surface area contributed by atoms with Crippen molar-refractivity contribution in [3.63, 3.8) is 0 Å². The second-order valence-electron chi connectivity index (χ2n) is 12.3. The van der Waals surface area contributed by atoms with Gasteiger partial charge in [0.25, 0.3) is 0 Å². The molecule has 0 saturated carbocycles. The molecule has 1 N–H and O–H groups in total. The number of benzene rings is 1. The van der Waals surface area contributed by atoms with Crippen LogP contribution >= 0.6 is 11.3 Å². The van der Waals surface area contributed by atoms with Gasteiger partial charge in [-0.2, -0.15) is 5.10 Å². The van der Waals surface area contributed by atoms with Crippen LogP contribution in [0.4, 0.5) is 0 Å². The number of thiazole rings is 1. The fourth-order valence-corrected chi connectivity index (χ4v) is 4.21. The Bertz CT molecular complexity index is 1160. The van der Waals surface area contributed by atoms with Crippen LogP contribution in [0.25, 0.3) is 10.9 Å². The molecule has 0 spiro atoms. The standard InChI is InChI=1S/C12H16N2.C9H15N.C8H13NS/c1-8-5-6-10-9(7-8)11(14-13-10)12(2,3)4;1-7-5-8(10-6-7)9(2,3)4;1-6-5-9-7(10-6)8(2,3)4/h5-7H,1-4H3,(H,13,14);5H,6H2,1-4H3;5H,1-4H3. The fourth-order valence-electron chi connectivity index (χ4n) is 3.39. The number of nitrogens with zero attached hydrogens (tertiary/aromatic N) is 3. The molecular formula is C29H44N4S. The Morgan fingerprint density at radius 1 is 0.853 bits per heavy atom. The number of fused-ring (bicyclic) bond motifs is 1. The lowest BCUT2D eigenvalue weighted by molar-refractivity contribution is 0.571. The van der Waals surface area contributed by atoms with Crippen LogP contribution in [-0.4, -0.2) is 27.4 Å². The van der Waals surface area contributed by atoms with Gasteiger partial charge in [0.1, 0.15) is 0 Å². The maximum absolute atomic E-state index is 4.41. The predicted molar refractivity (Wildman–Crippen MR) is 151 cm³/mol. The van der Waals surface area contributed by atoms with Crippen molar-refractivity contribution < 1.29 is 0 Å². The van der Waals surface area contributed by atoms with Gasteiger partial charge in [0.05, 0.1) is 17.1 Å². The van der Waals surface area contributed by atoms with Gasteiger partial charge in [0.15, 0.2) is 0 Å². The minimum absolute atomic E-state index is 0.128. The Hall–Kier alpha value is -2.27. The molecule has 186 valence electrons. The van der Waals surface area contributed by atoms with E-state index in [1.807, 2.05) is 6.20 Å². The second kappa shape index (κ2) is 10.6. The van der Waals surface area contributed by atoms with Crippen LogP contribution in [0, 0.1) is 19.3 Å². The van der Waals surface area contributed by atoms with Crippen molar-refractivity contribution in [1.82, 2.24) is 15.2 Å². The molecule has 0 radical (unpaired) electrons. The molecule has 2 aromatic heterocycles. The van der Waals surface area contributed by atoms with Gasteiger partial charge in [-0.15, -0.1) is 11.3 Å². The molecule has 1 aromatic carbocycles. The van der Waals surface area contributed by atoms with E-state index in [2.05, 4.69) is 128 Å². The maximum atomic E-state index is 4.41. The van der Waals surface area contributed by atoms with Crippen molar-refractivity contribution in [2.45, 2.75) is 93.9 Å². The Balaban J connectivity index is 0.000000185. The predicted octanol–water partition coefficient (Wildman–Crippen LogP) is 8.35. The zero-order valence-electron chi connectivity index (χ0n) is 23.3. The number of nitrogens with one attached hydrogen (secondary N) is 1. The van der Waals surface area contributed by atoms with Gasteiger partial charge in [-0.05, 0) is 39.0 Å². The van der Waals surface area contributed by atoms with Crippen LogP contribution in [0.3, 0.4) is 0 Å². The van der Waals surface area contributed by atoms with Gasteiger partial charge in [-0.25, -0.2) is 4.98 Å². The third kappa shape index (κ3) is 7.90. The maximum Gasteiger partial charge on any atom is 0.0981 e. The molecule has 1 aliphatic heterocycles. The lowest BCUT2D eigenvalue weighted by atomic mass is 9.89. The molecule has 0 saturated heterocycles. The van der Waals surface area contributed by atoms with Gasteiger partial charge in [-0.1, -0.05) is 79.5 Å². The summed E-state index contributed by atoms with van der Waals surface area (Å²) in [4.78, 5) is 10.0. The summed E-state index contributed by atoms with van der Waals surface area (Å²) in [5, 5.41) is 9.91. The van der Waals surface area contributed by atoms with Crippen molar-refractivity contribution in [3.05, 3.63) is 57.2 Å². The van der Waals surface area contributed by atoms with E-state index in [-0.39, 0.29) is 16.2 Å². The molecule has 5 heteroatoms. The summed E-state index contributed by atoms with van der Waals surface area (Å²) in [5.74, 6) is 0. The first-order valence-corrected chi connectivity index (χ1v) is 12.9. The van der Waals surface area contributed by atoms with Gasteiger partial charge in [-0.3, -0.25) is 10.1 Å². The van der Waals surface area contributed by atoms with E-state index in [4.69, 9.17) is 0 Å². The Kier molecular flexibility index (Phi) is 8.68. The minimum atomic E-state index is 0.128. The van der Waals surface area contributed by atoms with E-state index in [1.54, 1.807) is 11.3 Å². The Morgan fingerprint density at radius 2 is 1.50 bits per heavy atom. The first-order chi connectivity index (χ1) is 15.5. The normalized spacial score (nSPS) is 14.1. The highest BCUT2D eigenvalue weighted by Crippen LogP contribution is 2.28. The highest BCUT2D eigenvalue weighted by molar-refractivity contribution is 7.11. The van der Waals surface area contributed by atoms with Crippen molar-refractivity contribution >= 4 is 28.0 Å². The molecule has 0 bridgehead atoms. The lowest BCUT2D eigenvalue weighted by Gasteiger charge is -2.16. The third-order valence-electron chi connectivity index (χ3n) is 5.37. The quantitative estimate of drug-likeness (QED) is 0.351. The number of aliphatic imine (C=N–C) groups is 1. The Labute approximate surface area is 211 Å². The van der Waals surface area contributed by atoms with E-state index >= 15 is 0 Å². The molecule has 0 unspecified atom stereocenters. The van der Waals surface area contributed by atoms with Crippen molar-refractivity contribution in [2.24, 2.45) is 10.4 Å². The average Bonchev–Trinajstić information content (AvgIpc) is 3.40. The molecule has 1 aliphatic rings. The molecule has 0 atom stereocenters. The van der Waals surface area contributed by atoms with E-state index in [0.717, 1.165) is 12.1 Å². The number of allylic oxidation sites excluding steroid dienone is 1. The van der Waals surface area contributed by atoms with Crippen LogP contribution < -0.4 is 0 Å². The number of hydrogen-bond donors (Lipinski definition) is 1. The van der Waals surface area contributed by atoms with Crippen molar-refractivity contribution in [3.8, 4) is 0 Å². The monoisotopic (exact) mass is 480 g/mol. The number of aromatic nitrogens is 3. The summed E-state index contributed by atoms with van der Waals surface area (Å²) in [6, 6.07) is 6.35. The molecule has 0 aliphatic carbocycles. The summed E-state index contributed by atoms with van der Waals surface area (Å²) in [7, 11) is 0. The molecule has 4 rings (SSSR count). The molecule has 34 heavy (non-hydrogen) atoms. The van der Waals surface area contributed by atoms with Gasteiger partial charge in [0, 0.05) is 44.1 Å². The molecule has 3 heterocycles. The average molecular weight is 481 g/mol. The molecule has 0 amide bonds. The molecular weight excluding hydrogens is 436 g/mol.